The highest BCUT2D eigenvalue weighted by molar-refractivity contribution is 5.74. The molecular weight excluding hydrogens is 180 g/mol. The minimum Gasteiger partial charge on any atom is -0.480 e. The zero-order valence-corrected chi connectivity index (χ0v) is 7.63. The van der Waals surface area contributed by atoms with Crippen molar-refractivity contribution in [2.75, 3.05) is 6.54 Å². The third-order valence-corrected chi connectivity index (χ3v) is 2.25. The van der Waals surface area contributed by atoms with E-state index in [0.29, 0.717) is 0 Å². The number of hydrogen-bond donors (Lipinski definition) is 1. The van der Waals surface area contributed by atoms with Gasteiger partial charge in [0.2, 0.25) is 0 Å². The van der Waals surface area contributed by atoms with Crippen molar-refractivity contribution >= 4 is 5.97 Å². The molecule has 0 aromatic carbocycles. The van der Waals surface area contributed by atoms with E-state index in [4.69, 9.17) is 5.11 Å². The highest BCUT2D eigenvalue weighted by Crippen LogP contribution is 2.33. The average molecular weight is 193 g/mol. The van der Waals surface area contributed by atoms with E-state index in [2.05, 4.69) is 0 Å². The number of rotatable bonds is 2. The maximum Gasteiger partial charge on any atom is 0.321 e. The van der Waals surface area contributed by atoms with Gasteiger partial charge in [-0.1, -0.05) is 0 Å². The summed E-state index contributed by atoms with van der Waals surface area (Å²) in [6.07, 6.45) is -0.569. The predicted molar refractivity (Wildman–Crippen MR) is 42.8 cm³/mol. The van der Waals surface area contributed by atoms with Gasteiger partial charge in [-0.2, -0.15) is 0 Å². The molecule has 76 valence electrons. The molecule has 0 amide bonds. The maximum absolute atomic E-state index is 12.9. The Morgan fingerprint density at radius 2 is 2.15 bits per heavy atom. The topological polar surface area (TPSA) is 40.5 Å². The van der Waals surface area contributed by atoms with Crippen molar-refractivity contribution in [3.63, 3.8) is 0 Å². The van der Waals surface area contributed by atoms with Crippen molar-refractivity contribution in [3.8, 4) is 0 Å². The van der Waals surface area contributed by atoms with E-state index in [-0.39, 0.29) is 6.04 Å². The first kappa shape index (κ1) is 10.4. The third kappa shape index (κ3) is 2.15. The van der Waals surface area contributed by atoms with Gasteiger partial charge < -0.3 is 5.11 Å². The summed E-state index contributed by atoms with van der Waals surface area (Å²) in [5.41, 5.74) is 0. The Morgan fingerprint density at radius 1 is 1.62 bits per heavy atom. The molecule has 0 saturated carbocycles. The number of nitrogens with zero attached hydrogens (tertiary/aromatic N) is 1. The van der Waals surface area contributed by atoms with Crippen molar-refractivity contribution in [2.45, 2.75) is 38.3 Å². The van der Waals surface area contributed by atoms with Crippen molar-refractivity contribution in [1.29, 1.82) is 0 Å². The normalized spacial score (nSPS) is 28.2. The number of carboxylic acids is 1. The van der Waals surface area contributed by atoms with Crippen molar-refractivity contribution in [2.24, 2.45) is 0 Å². The highest BCUT2D eigenvalue weighted by Gasteiger charge is 2.48. The second-order valence-corrected chi connectivity index (χ2v) is 3.68. The van der Waals surface area contributed by atoms with Crippen LogP contribution in [-0.2, 0) is 4.79 Å². The van der Waals surface area contributed by atoms with Crippen LogP contribution in [0.4, 0.5) is 8.78 Å². The molecule has 1 aliphatic heterocycles. The first-order chi connectivity index (χ1) is 5.83. The van der Waals surface area contributed by atoms with Crippen LogP contribution in [0.15, 0.2) is 0 Å². The summed E-state index contributed by atoms with van der Waals surface area (Å²) in [6, 6.07) is -1.19. The van der Waals surface area contributed by atoms with Crippen LogP contribution in [0.1, 0.15) is 20.3 Å². The van der Waals surface area contributed by atoms with Gasteiger partial charge in [-0.05, 0) is 13.8 Å². The zero-order valence-electron chi connectivity index (χ0n) is 7.63. The fraction of sp³-hybridized carbons (Fsp3) is 0.875. The van der Waals surface area contributed by atoms with E-state index in [1.54, 1.807) is 13.8 Å². The molecule has 0 aromatic heterocycles. The Balaban J connectivity index is 2.77. The lowest BCUT2D eigenvalue weighted by Crippen LogP contribution is -2.40. The zero-order chi connectivity index (χ0) is 10.2. The van der Waals surface area contributed by atoms with Gasteiger partial charge in [0.25, 0.3) is 5.92 Å². The molecule has 5 heteroatoms. The van der Waals surface area contributed by atoms with Crippen molar-refractivity contribution < 1.29 is 18.7 Å². The van der Waals surface area contributed by atoms with Crippen LogP contribution >= 0.6 is 0 Å². The van der Waals surface area contributed by atoms with E-state index in [1.807, 2.05) is 0 Å². The Hall–Kier alpha value is -0.710. The molecule has 1 atom stereocenters. The summed E-state index contributed by atoms with van der Waals surface area (Å²) in [4.78, 5) is 12.0. The van der Waals surface area contributed by atoms with Gasteiger partial charge in [-0.3, -0.25) is 9.69 Å². The fourth-order valence-electron chi connectivity index (χ4n) is 1.61. The molecule has 1 fully saturated rings. The lowest BCUT2D eigenvalue weighted by atomic mass is 10.2. The van der Waals surface area contributed by atoms with Gasteiger partial charge in [0, 0.05) is 12.5 Å². The van der Waals surface area contributed by atoms with Crippen LogP contribution in [0, 0.1) is 0 Å². The quantitative estimate of drug-likeness (QED) is 0.716. The summed E-state index contributed by atoms with van der Waals surface area (Å²) in [5.74, 6) is -4.02. The monoisotopic (exact) mass is 193 g/mol. The average Bonchev–Trinajstić information content (AvgIpc) is 2.26. The molecule has 1 saturated heterocycles. The molecule has 1 N–H and O–H groups in total. The van der Waals surface area contributed by atoms with Crippen LogP contribution in [-0.4, -0.2) is 40.5 Å². The second-order valence-electron chi connectivity index (χ2n) is 3.68. The minimum atomic E-state index is -2.85. The number of hydrogen-bond acceptors (Lipinski definition) is 2. The number of alkyl halides is 2. The van der Waals surface area contributed by atoms with Gasteiger partial charge in [-0.25, -0.2) is 8.78 Å². The smallest absolute Gasteiger partial charge is 0.321 e. The van der Waals surface area contributed by atoms with Gasteiger partial charge in [0.1, 0.15) is 6.04 Å². The first-order valence-electron chi connectivity index (χ1n) is 4.20. The largest absolute Gasteiger partial charge is 0.480 e. The summed E-state index contributed by atoms with van der Waals surface area (Å²) < 4.78 is 25.7. The Labute approximate surface area is 75.3 Å². The van der Waals surface area contributed by atoms with E-state index in [1.165, 1.54) is 4.90 Å². The number of carboxylic acid groups (broad SMARTS) is 1. The van der Waals surface area contributed by atoms with Gasteiger partial charge in [0.15, 0.2) is 0 Å². The van der Waals surface area contributed by atoms with E-state index < -0.39 is 30.9 Å². The number of aliphatic carboxylic acids is 1. The molecule has 1 rings (SSSR count). The molecule has 1 aliphatic rings. The fourth-order valence-corrected chi connectivity index (χ4v) is 1.61. The second kappa shape index (κ2) is 3.21. The molecule has 13 heavy (non-hydrogen) atoms. The van der Waals surface area contributed by atoms with Crippen molar-refractivity contribution in [3.05, 3.63) is 0 Å². The SMILES string of the molecule is CC(C)N1CC(F)(F)C[C@H]1C(=O)O. The van der Waals surface area contributed by atoms with Crippen molar-refractivity contribution in [1.82, 2.24) is 4.90 Å². The predicted octanol–water partition coefficient (Wildman–Crippen LogP) is 1.19. The van der Waals surface area contributed by atoms with Gasteiger partial charge in [-0.15, -0.1) is 0 Å². The third-order valence-electron chi connectivity index (χ3n) is 2.25. The maximum atomic E-state index is 12.9. The summed E-state index contributed by atoms with van der Waals surface area (Å²) >= 11 is 0. The van der Waals surface area contributed by atoms with Crippen LogP contribution in [0.5, 0.6) is 0 Å². The molecule has 0 aromatic rings. The molecule has 3 nitrogen and oxygen atoms in total. The summed E-state index contributed by atoms with van der Waals surface area (Å²) in [7, 11) is 0. The molecule has 0 bridgehead atoms. The van der Waals surface area contributed by atoms with E-state index in [9.17, 15) is 13.6 Å². The number of halogens is 2. The molecule has 0 aliphatic carbocycles. The lowest BCUT2D eigenvalue weighted by Gasteiger charge is -2.24. The van der Waals surface area contributed by atoms with Crippen LogP contribution in [0.2, 0.25) is 0 Å². The molecule has 0 radical (unpaired) electrons. The van der Waals surface area contributed by atoms with Gasteiger partial charge >= 0.3 is 5.97 Å². The van der Waals surface area contributed by atoms with E-state index >= 15 is 0 Å². The lowest BCUT2D eigenvalue weighted by molar-refractivity contribution is -0.142. The molecule has 0 spiro atoms. The Morgan fingerprint density at radius 3 is 2.46 bits per heavy atom. The number of carbonyl (C=O) groups is 1. The van der Waals surface area contributed by atoms with E-state index in [0.717, 1.165) is 0 Å². The number of likely N-dealkylation sites (tertiary alicyclic amines) is 1. The Kier molecular flexibility index (Phi) is 2.56. The first-order valence-corrected chi connectivity index (χ1v) is 4.20. The molecule has 1 heterocycles. The Bertz CT molecular complexity index is 218. The van der Waals surface area contributed by atoms with Gasteiger partial charge in [0.05, 0.1) is 6.54 Å². The highest BCUT2D eigenvalue weighted by atomic mass is 19.3. The van der Waals surface area contributed by atoms with Crippen LogP contribution in [0.25, 0.3) is 0 Å². The molecular formula is C8H13F2NO2. The minimum absolute atomic E-state index is 0.158. The summed E-state index contributed by atoms with van der Waals surface area (Å²) in [6.45, 7) is 3.00. The standard InChI is InChI=1S/C8H13F2NO2/c1-5(2)11-4-8(9,10)3-6(11)7(12)13/h5-6H,3-4H2,1-2H3,(H,12,13)/t6-/m0/s1. The van der Waals surface area contributed by atoms with Crippen LogP contribution in [0.3, 0.4) is 0 Å². The molecule has 0 unspecified atom stereocenters. The summed E-state index contributed by atoms with van der Waals surface area (Å²) in [5, 5.41) is 8.69. The van der Waals surface area contributed by atoms with Crippen LogP contribution < -0.4 is 0 Å².